The van der Waals surface area contributed by atoms with E-state index in [1.54, 1.807) is 0 Å². The maximum absolute atomic E-state index is 9.59. The van der Waals surface area contributed by atoms with Crippen molar-refractivity contribution >= 4 is 17.3 Å². The first-order valence-corrected chi connectivity index (χ1v) is 10.3. The molecule has 2 aromatic carbocycles. The minimum Gasteiger partial charge on any atom is -0.472 e. The molecular weight excluding hydrogens is 384 g/mol. The number of aromatic nitrogens is 1. The molecule has 1 aliphatic rings. The zero-order chi connectivity index (χ0) is 20.2. The van der Waals surface area contributed by atoms with Crippen LogP contribution < -0.4 is 9.64 Å². The number of hydrogen-bond donors (Lipinski definition) is 1. The van der Waals surface area contributed by atoms with Gasteiger partial charge in [-0.25, -0.2) is 4.98 Å². The standard InChI is InChI=1S/C24H25ClN2O2/c1-17-6-9-24(26-15-17)29-20-10-12-27(16-20)23-8-7-18(14-19(23)11-13-28)21-4-2-3-5-22(21)25/h2-9,14-15,20,28H,10-13,16H2,1H3/t20-/m0/s1. The van der Waals surface area contributed by atoms with Gasteiger partial charge in [0.05, 0.1) is 6.54 Å². The predicted octanol–water partition coefficient (Wildman–Crippen LogP) is 4.90. The molecule has 5 heteroatoms. The van der Waals surface area contributed by atoms with E-state index >= 15 is 0 Å². The average Bonchev–Trinajstić information content (AvgIpc) is 3.18. The number of nitrogens with zero attached hydrogens (tertiary/aromatic N) is 2. The molecule has 0 amide bonds. The van der Waals surface area contributed by atoms with Gasteiger partial charge in [0.2, 0.25) is 5.88 Å². The Morgan fingerprint density at radius 3 is 2.79 bits per heavy atom. The zero-order valence-electron chi connectivity index (χ0n) is 16.5. The van der Waals surface area contributed by atoms with Crippen LogP contribution in [-0.2, 0) is 6.42 Å². The number of aliphatic hydroxyl groups is 1. The molecule has 0 aliphatic carbocycles. The Labute approximate surface area is 176 Å². The summed E-state index contributed by atoms with van der Waals surface area (Å²) in [6.07, 6.45) is 3.49. The topological polar surface area (TPSA) is 45.6 Å². The summed E-state index contributed by atoms with van der Waals surface area (Å²) in [5.74, 6) is 0.673. The molecule has 0 unspecified atom stereocenters. The highest BCUT2D eigenvalue weighted by Crippen LogP contribution is 2.33. The third-order valence-electron chi connectivity index (χ3n) is 5.30. The maximum atomic E-state index is 9.59. The van der Waals surface area contributed by atoms with Crippen LogP contribution in [0.5, 0.6) is 5.88 Å². The van der Waals surface area contributed by atoms with Crippen LogP contribution in [-0.4, -0.2) is 35.9 Å². The number of halogens is 1. The van der Waals surface area contributed by atoms with Crippen molar-refractivity contribution in [2.45, 2.75) is 25.9 Å². The molecule has 1 aromatic heterocycles. The second-order valence-corrected chi connectivity index (χ2v) is 7.85. The molecular formula is C24H25ClN2O2. The predicted molar refractivity (Wildman–Crippen MR) is 118 cm³/mol. The number of aliphatic hydroxyl groups excluding tert-OH is 1. The van der Waals surface area contributed by atoms with Crippen LogP contribution in [0.15, 0.2) is 60.8 Å². The molecule has 1 fully saturated rings. The number of aryl methyl sites for hydroxylation is 1. The Balaban J connectivity index is 1.53. The van der Waals surface area contributed by atoms with Crippen LogP contribution in [0.2, 0.25) is 5.02 Å². The van der Waals surface area contributed by atoms with Gasteiger partial charge in [0.1, 0.15) is 6.10 Å². The van der Waals surface area contributed by atoms with Gasteiger partial charge in [-0.1, -0.05) is 41.9 Å². The van der Waals surface area contributed by atoms with Gasteiger partial charge in [-0.15, -0.1) is 0 Å². The monoisotopic (exact) mass is 408 g/mol. The van der Waals surface area contributed by atoms with Crippen molar-refractivity contribution < 1.29 is 9.84 Å². The molecule has 3 aromatic rings. The van der Waals surface area contributed by atoms with Gasteiger partial charge in [-0.05, 0) is 48.2 Å². The summed E-state index contributed by atoms with van der Waals surface area (Å²) in [6, 6.07) is 18.2. The molecule has 0 spiro atoms. The quantitative estimate of drug-likeness (QED) is 0.629. The van der Waals surface area contributed by atoms with E-state index in [4.69, 9.17) is 16.3 Å². The van der Waals surface area contributed by atoms with E-state index in [1.165, 1.54) is 0 Å². The van der Waals surface area contributed by atoms with Gasteiger partial charge < -0.3 is 14.7 Å². The third kappa shape index (κ3) is 4.55. The molecule has 1 aliphatic heterocycles. The molecule has 29 heavy (non-hydrogen) atoms. The van der Waals surface area contributed by atoms with Crippen molar-refractivity contribution in [1.82, 2.24) is 4.98 Å². The first-order chi connectivity index (χ1) is 14.1. The van der Waals surface area contributed by atoms with Gasteiger partial charge in [-0.2, -0.15) is 0 Å². The Hall–Kier alpha value is -2.56. The van der Waals surface area contributed by atoms with Crippen molar-refractivity contribution in [3.05, 3.63) is 76.9 Å². The van der Waals surface area contributed by atoms with Crippen LogP contribution >= 0.6 is 11.6 Å². The summed E-state index contributed by atoms with van der Waals surface area (Å²) in [6.45, 7) is 3.85. The second-order valence-electron chi connectivity index (χ2n) is 7.45. The normalized spacial score (nSPS) is 16.2. The van der Waals surface area contributed by atoms with Gasteiger partial charge in [-0.3, -0.25) is 0 Å². The lowest BCUT2D eigenvalue weighted by atomic mass is 9.99. The Morgan fingerprint density at radius 2 is 2.03 bits per heavy atom. The van der Waals surface area contributed by atoms with E-state index in [2.05, 4.69) is 28.1 Å². The molecule has 0 bridgehead atoms. The summed E-state index contributed by atoms with van der Waals surface area (Å²) in [7, 11) is 0. The van der Waals surface area contributed by atoms with E-state index in [9.17, 15) is 5.11 Å². The molecule has 0 saturated carbocycles. The van der Waals surface area contributed by atoms with E-state index in [1.807, 2.05) is 49.5 Å². The first kappa shape index (κ1) is 19.7. The number of hydrogen-bond acceptors (Lipinski definition) is 4. The average molecular weight is 409 g/mol. The first-order valence-electron chi connectivity index (χ1n) is 9.97. The second kappa shape index (κ2) is 8.85. The fourth-order valence-electron chi connectivity index (χ4n) is 3.82. The highest BCUT2D eigenvalue weighted by molar-refractivity contribution is 6.33. The lowest BCUT2D eigenvalue weighted by molar-refractivity contribution is 0.216. The van der Waals surface area contributed by atoms with E-state index < -0.39 is 0 Å². The van der Waals surface area contributed by atoms with Gasteiger partial charge in [0.25, 0.3) is 0 Å². The Morgan fingerprint density at radius 1 is 1.17 bits per heavy atom. The fourth-order valence-corrected chi connectivity index (χ4v) is 4.06. The largest absolute Gasteiger partial charge is 0.472 e. The zero-order valence-corrected chi connectivity index (χ0v) is 17.3. The molecule has 150 valence electrons. The maximum Gasteiger partial charge on any atom is 0.213 e. The number of ether oxygens (including phenoxy) is 1. The van der Waals surface area contributed by atoms with Crippen molar-refractivity contribution in [2.75, 3.05) is 24.6 Å². The molecule has 0 radical (unpaired) electrons. The van der Waals surface area contributed by atoms with Gasteiger partial charge in [0.15, 0.2) is 0 Å². The van der Waals surface area contributed by atoms with Crippen molar-refractivity contribution in [2.24, 2.45) is 0 Å². The third-order valence-corrected chi connectivity index (χ3v) is 5.63. The number of benzene rings is 2. The molecule has 1 N–H and O–H groups in total. The highest BCUT2D eigenvalue weighted by Gasteiger charge is 2.26. The lowest BCUT2D eigenvalue weighted by Crippen LogP contribution is -2.25. The van der Waals surface area contributed by atoms with Crippen LogP contribution in [0, 0.1) is 6.92 Å². The van der Waals surface area contributed by atoms with Crippen molar-refractivity contribution in [3.8, 4) is 17.0 Å². The summed E-state index contributed by atoms with van der Waals surface area (Å²) >= 11 is 6.38. The minimum atomic E-state index is 0.107. The number of anilines is 1. The number of rotatable bonds is 6. The molecule has 4 rings (SSSR count). The van der Waals surface area contributed by atoms with Crippen LogP contribution in [0.25, 0.3) is 11.1 Å². The Bertz CT molecular complexity index is 975. The lowest BCUT2D eigenvalue weighted by Gasteiger charge is -2.23. The van der Waals surface area contributed by atoms with E-state index in [-0.39, 0.29) is 12.7 Å². The summed E-state index contributed by atoms with van der Waals surface area (Å²) < 4.78 is 6.07. The van der Waals surface area contributed by atoms with Crippen LogP contribution in [0.4, 0.5) is 5.69 Å². The number of pyridine rings is 1. The van der Waals surface area contributed by atoms with E-state index in [0.717, 1.165) is 52.5 Å². The van der Waals surface area contributed by atoms with Gasteiger partial charge in [0, 0.05) is 48.1 Å². The SMILES string of the molecule is Cc1ccc(O[C@H]2CCN(c3ccc(-c4ccccc4Cl)cc3CCO)C2)nc1. The fraction of sp³-hybridized carbons (Fsp3) is 0.292. The molecule has 4 nitrogen and oxygen atoms in total. The summed E-state index contributed by atoms with van der Waals surface area (Å²) in [5, 5.41) is 10.3. The molecule has 2 heterocycles. The molecule has 1 atom stereocenters. The minimum absolute atomic E-state index is 0.107. The van der Waals surface area contributed by atoms with Crippen LogP contribution in [0.3, 0.4) is 0 Å². The Kier molecular flexibility index (Phi) is 6.02. The van der Waals surface area contributed by atoms with Crippen molar-refractivity contribution in [3.63, 3.8) is 0 Å². The van der Waals surface area contributed by atoms with Crippen LogP contribution in [0.1, 0.15) is 17.5 Å². The highest BCUT2D eigenvalue weighted by atomic mass is 35.5. The van der Waals surface area contributed by atoms with E-state index in [0.29, 0.717) is 12.3 Å². The summed E-state index contributed by atoms with van der Waals surface area (Å²) in [5.41, 5.74) is 5.47. The van der Waals surface area contributed by atoms with Crippen molar-refractivity contribution in [1.29, 1.82) is 0 Å². The summed E-state index contributed by atoms with van der Waals surface area (Å²) in [4.78, 5) is 6.69. The van der Waals surface area contributed by atoms with Gasteiger partial charge >= 0.3 is 0 Å². The molecule has 1 saturated heterocycles. The smallest absolute Gasteiger partial charge is 0.213 e.